The van der Waals surface area contributed by atoms with Crippen molar-refractivity contribution in [1.29, 1.82) is 0 Å². The molecule has 4 heteroatoms. The van der Waals surface area contributed by atoms with E-state index >= 15 is 0 Å². The molecule has 0 saturated heterocycles. The fourth-order valence-electron chi connectivity index (χ4n) is 3.31. The van der Waals surface area contributed by atoms with Crippen LogP contribution in [0, 0.1) is 6.92 Å². The summed E-state index contributed by atoms with van der Waals surface area (Å²) in [6, 6.07) is 17.7. The Morgan fingerprint density at radius 3 is 2.57 bits per heavy atom. The van der Waals surface area contributed by atoms with Crippen LogP contribution in [0.15, 0.2) is 54.6 Å². The Balaban J connectivity index is 1.71. The normalized spacial score (nSPS) is 12.9. The highest BCUT2D eigenvalue weighted by atomic mass is 16.5. The summed E-state index contributed by atoms with van der Waals surface area (Å²) < 4.78 is 5.86. The summed E-state index contributed by atoms with van der Waals surface area (Å²) in [5.74, 6) is -0.267. The van der Waals surface area contributed by atoms with Crippen LogP contribution < -0.4 is 5.32 Å². The van der Waals surface area contributed by atoms with Gasteiger partial charge in [-0.3, -0.25) is 0 Å². The summed E-state index contributed by atoms with van der Waals surface area (Å²) in [6.45, 7) is 9.05. The lowest BCUT2D eigenvalue weighted by molar-refractivity contribution is 0.0269. The molecule has 0 bridgehead atoms. The van der Waals surface area contributed by atoms with Crippen LogP contribution in [0.1, 0.15) is 48.8 Å². The molecule has 0 fully saturated rings. The first-order chi connectivity index (χ1) is 13.3. The van der Waals surface area contributed by atoms with Gasteiger partial charge < -0.3 is 15.0 Å². The lowest BCUT2D eigenvalue weighted by Crippen LogP contribution is -2.42. The van der Waals surface area contributed by atoms with Crippen LogP contribution in [0.5, 0.6) is 0 Å². The molecular formula is C24H30N2O2. The van der Waals surface area contributed by atoms with E-state index in [-0.39, 0.29) is 17.6 Å². The maximum atomic E-state index is 12.6. The first-order valence-electron chi connectivity index (χ1n) is 9.90. The summed E-state index contributed by atoms with van der Waals surface area (Å²) in [6.07, 6.45) is 1.43. The van der Waals surface area contributed by atoms with Gasteiger partial charge in [0.25, 0.3) is 0 Å². The van der Waals surface area contributed by atoms with Gasteiger partial charge in [-0.15, -0.1) is 0 Å². The number of H-pyrrole nitrogens is 1. The number of benzene rings is 2. The number of esters is 1. The van der Waals surface area contributed by atoms with E-state index in [2.05, 4.69) is 62.3 Å². The molecule has 0 aliphatic heterocycles. The van der Waals surface area contributed by atoms with Crippen molar-refractivity contribution in [3.05, 3.63) is 71.4 Å². The molecule has 1 heterocycles. The molecule has 4 nitrogen and oxygen atoms in total. The number of aromatic amines is 1. The van der Waals surface area contributed by atoms with Gasteiger partial charge in [0.15, 0.2) is 0 Å². The summed E-state index contributed by atoms with van der Waals surface area (Å²) in [5, 5.41) is 4.72. The van der Waals surface area contributed by atoms with Crippen LogP contribution in [0.25, 0.3) is 10.9 Å². The molecule has 0 aliphatic rings. The summed E-state index contributed by atoms with van der Waals surface area (Å²) in [7, 11) is 0. The van der Waals surface area contributed by atoms with Crippen LogP contribution >= 0.6 is 0 Å². The van der Waals surface area contributed by atoms with Gasteiger partial charge in [-0.25, -0.2) is 4.79 Å². The van der Waals surface area contributed by atoms with Gasteiger partial charge in [-0.2, -0.15) is 0 Å². The zero-order valence-electron chi connectivity index (χ0n) is 17.2. The number of rotatable bonds is 7. The van der Waals surface area contributed by atoms with Gasteiger partial charge in [0, 0.05) is 28.7 Å². The molecule has 1 aromatic heterocycles. The topological polar surface area (TPSA) is 54.1 Å². The molecule has 3 rings (SSSR count). The second-order valence-electron chi connectivity index (χ2n) is 8.39. The third kappa shape index (κ3) is 5.46. The summed E-state index contributed by atoms with van der Waals surface area (Å²) >= 11 is 0. The van der Waals surface area contributed by atoms with E-state index in [1.54, 1.807) is 12.1 Å². The van der Waals surface area contributed by atoms with Crippen LogP contribution in [-0.2, 0) is 11.2 Å². The molecular weight excluding hydrogens is 348 g/mol. The number of hydrogen-bond acceptors (Lipinski definition) is 3. The molecule has 2 aromatic carbocycles. The molecule has 1 unspecified atom stereocenters. The molecule has 0 radical (unpaired) electrons. The van der Waals surface area contributed by atoms with Crippen molar-refractivity contribution in [3.8, 4) is 0 Å². The smallest absolute Gasteiger partial charge is 0.338 e. The predicted molar refractivity (Wildman–Crippen MR) is 115 cm³/mol. The quantitative estimate of drug-likeness (QED) is 0.568. The van der Waals surface area contributed by atoms with Crippen molar-refractivity contribution in [3.63, 3.8) is 0 Å². The number of aryl methyl sites for hydroxylation is 2. The van der Waals surface area contributed by atoms with Crippen molar-refractivity contribution in [1.82, 2.24) is 10.3 Å². The fourth-order valence-corrected chi connectivity index (χ4v) is 3.31. The van der Waals surface area contributed by atoms with Gasteiger partial charge in [-0.1, -0.05) is 30.3 Å². The van der Waals surface area contributed by atoms with Crippen molar-refractivity contribution >= 4 is 16.9 Å². The molecule has 148 valence electrons. The minimum absolute atomic E-state index is 0.0326. The number of ether oxygens (including phenoxy) is 1. The van der Waals surface area contributed by atoms with Gasteiger partial charge in [0.2, 0.25) is 0 Å². The van der Waals surface area contributed by atoms with Crippen molar-refractivity contribution in [2.45, 2.75) is 52.2 Å². The first-order valence-corrected chi connectivity index (χ1v) is 9.90. The highest BCUT2D eigenvalue weighted by molar-refractivity contribution is 5.89. The molecule has 1 atom stereocenters. The molecule has 0 aliphatic carbocycles. The van der Waals surface area contributed by atoms with Crippen molar-refractivity contribution in [2.75, 3.05) is 6.54 Å². The van der Waals surface area contributed by atoms with E-state index in [0.29, 0.717) is 12.1 Å². The number of aromatic nitrogens is 1. The number of carbonyl (C=O) groups excluding carboxylic acids is 1. The Labute approximate surface area is 167 Å². The van der Waals surface area contributed by atoms with Gasteiger partial charge in [-0.05, 0) is 70.4 Å². The minimum atomic E-state index is -0.267. The van der Waals surface area contributed by atoms with Gasteiger partial charge in [0.05, 0.1) is 5.56 Å². The van der Waals surface area contributed by atoms with Gasteiger partial charge >= 0.3 is 5.97 Å². The highest BCUT2D eigenvalue weighted by Crippen LogP contribution is 2.22. The predicted octanol–water partition coefficient (Wildman–Crippen LogP) is 5.02. The molecule has 2 N–H and O–H groups in total. The van der Waals surface area contributed by atoms with E-state index in [1.807, 2.05) is 18.2 Å². The average molecular weight is 379 g/mol. The molecule has 0 saturated carbocycles. The lowest BCUT2D eigenvalue weighted by Gasteiger charge is -2.25. The third-order valence-electron chi connectivity index (χ3n) is 4.77. The van der Waals surface area contributed by atoms with Crippen LogP contribution in [0.2, 0.25) is 0 Å². The Kier molecular flexibility index (Phi) is 6.20. The Bertz CT molecular complexity index is 923. The number of nitrogens with one attached hydrogen (secondary N) is 2. The zero-order chi connectivity index (χ0) is 20.1. The van der Waals surface area contributed by atoms with Crippen LogP contribution in [-0.4, -0.2) is 29.1 Å². The van der Waals surface area contributed by atoms with E-state index in [1.165, 1.54) is 10.9 Å². The maximum absolute atomic E-state index is 12.6. The number of carbonyl (C=O) groups is 1. The molecule has 0 spiro atoms. The molecule has 28 heavy (non-hydrogen) atoms. The van der Waals surface area contributed by atoms with E-state index in [9.17, 15) is 4.79 Å². The van der Waals surface area contributed by atoms with Crippen LogP contribution in [0.3, 0.4) is 0 Å². The van der Waals surface area contributed by atoms with Crippen molar-refractivity contribution < 1.29 is 9.53 Å². The maximum Gasteiger partial charge on any atom is 0.338 e. The largest absolute Gasteiger partial charge is 0.457 e. The SMILES string of the molecule is Cc1cc2c(CCC(CNC(C)(C)C)OC(=O)c3ccccc3)cccc2[nH]1. The second-order valence-corrected chi connectivity index (χ2v) is 8.39. The fraction of sp³-hybridized carbons (Fsp3) is 0.375. The summed E-state index contributed by atoms with van der Waals surface area (Å²) in [4.78, 5) is 15.9. The highest BCUT2D eigenvalue weighted by Gasteiger charge is 2.19. The van der Waals surface area contributed by atoms with Gasteiger partial charge in [0.1, 0.15) is 6.10 Å². The second kappa shape index (κ2) is 8.61. The zero-order valence-corrected chi connectivity index (χ0v) is 17.2. The number of hydrogen-bond donors (Lipinski definition) is 2. The molecule has 3 aromatic rings. The third-order valence-corrected chi connectivity index (χ3v) is 4.77. The molecule has 0 amide bonds. The summed E-state index contributed by atoms with van der Waals surface area (Å²) in [5.41, 5.74) is 4.14. The Hall–Kier alpha value is -2.59. The van der Waals surface area contributed by atoms with E-state index in [0.717, 1.165) is 24.1 Å². The Morgan fingerprint density at radius 1 is 1.11 bits per heavy atom. The Morgan fingerprint density at radius 2 is 1.86 bits per heavy atom. The van der Waals surface area contributed by atoms with E-state index in [4.69, 9.17) is 4.74 Å². The lowest BCUT2D eigenvalue weighted by atomic mass is 10.0. The minimum Gasteiger partial charge on any atom is -0.457 e. The monoisotopic (exact) mass is 378 g/mol. The number of fused-ring (bicyclic) bond motifs is 1. The van der Waals surface area contributed by atoms with Crippen molar-refractivity contribution in [2.24, 2.45) is 0 Å². The average Bonchev–Trinajstić information content (AvgIpc) is 3.04. The van der Waals surface area contributed by atoms with E-state index < -0.39 is 0 Å². The first kappa shape index (κ1) is 20.2. The van der Waals surface area contributed by atoms with Crippen LogP contribution in [0.4, 0.5) is 0 Å². The standard InChI is InChI=1S/C24H30N2O2/c1-17-15-21-18(11-8-12-22(21)26-17)13-14-20(16-25-24(2,3)4)28-23(27)19-9-6-5-7-10-19/h5-12,15,20,25-26H,13-14,16H2,1-4H3.